The van der Waals surface area contributed by atoms with Crippen molar-refractivity contribution in [2.75, 3.05) is 0 Å². The van der Waals surface area contributed by atoms with Crippen molar-refractivity contribution < 1.29 is 26.3 Å². The Morgan fingerprint density at radius 2 is 1.54 bits per heavy atom. The topological polar surface area (TPSA) is 30.2 Å². The maximum absolute atomic E-state index is 13.2. The zero-order chi connectivity index (χ0) is 17.7. The maximum atomic E-state index is 13.2. The molecule has 24 heavy (non-hydrogen) atoms. The van der Waals surface area contributed by atoms with Gasteiger partial charge in [-0.15, -0.1) is 0 Å². The van der Waals surface area contributed by atoms with Crippen molar-refractivity contribution in [3.05, 3.63) is 52.3 Å². The van der Waals surface area contributed by atoms with E-state index in [1.807, 2.05) is 0 Å². The van der Waals surface area contributed by atoms with E-state index in [0.717, 1.165) is 36.5 Å². The van der Waals surface area contributed by atoms with Crippen molar-refractivity contribution in [3.8, 4) is 11.3 Å². The van der Waals surface area contributed by atoms with Crippen LogP contribution in [0.25, 0.3) is 16.9 Å². The van der Waals surface area contributed by atoms with E-state index in [1.165, 1.54) is 0 Å². The lowest BCUT2D eigenvalue weighted by Gasteiger charge is -2.12. The van der Waals surface area contributed by atoms with Crippen molar-refractivity contribution in [2.45, 2.75) is 12.4 Å². The first-order valence-electron chi connectivity index (χ1n) is 6.36. The van der Waals surface area contributed by atoms with Gasteiger partial charge in [0.15, 0.2) is 11.3 Å². The molecule has 0 aliphatic carbocycles. The lowest BCUT2D eigenvalue weighted by molar-refractivity contribution is -0.142. The summed E-state index contributed by atoms with van der Waals surface area (Å²) in [6, 6.07) is 4.48. The number of nitrogens with zero attached hydrogens (tertiary/aromatic N) is 3. The van der Waals surface area contributed by atoms with Gasteiger partial charge in [-0.05, 0) is 34.1 Å². The molecule has 0 amide bonds. The molecular formula is C14H6BrF6N3. The molecule has 0 bridgehead atoms. The Balaban J connectivity index is 2.18. The van der Waals surface area contributed by atoms with Crippen LogP contribution in [0, 0.1) is 0 Å². The van der Waals surface area contributed by atoms with Gasteiger partial charge < -0.3 is 0 Å². The van der Waals surface area contributed by atoms with Gasteiger partial charge in [-0.3, -0.25) is 0 Å². The number of hydrogen-bond donors (Lipinski definition) is 0. The van der Waals surface area contributed by atoms with Crippen LogP contribution in [0.2, 0.25) is 0 Å². The van der Waals surface area contributed by atoms with Gasteiger partial charge >= 0.3 is 12.4 Å². The number of hydrogen-bond acceptors (Lipinski definition) is 2. The van der Waals surface area contributed by atoms with Crippen molar-refractivity contribution in [1.29, 1.82) is 0 Å². The SMILES string of the molecule is FC(F)(F)c1ccc(-c2cc(C(F)(F)F)n3ncc(Br)c3n2)cc1. The molecule has 3 aromatic rings. The molecule has 3 nitrogen and oxygen atoms in total. The van der Waals surface area contributed by atoms with Crippen LogP contribution < -0.4 is 0 Å². The molecule has 1 aromatic carbocycles. The molecule has 2 aromatic heterocycles. The van der Waals surface area contributed by atoms with E-state index < -0.39 is 23.6 Å². The van der Waals surface area contributed by atoms with Crippen LogP contribution in [0.4, 0.5) is 26.3 Å². The van der Waals surface area contributed by atoms with Gasteiger partial charge in [0.05, 0.1) is 21.9 Å². The number of halogens is 7. The fourth-order valence-electron chi connectivity index (χ4n) is 2.12. The number of alkyl halides is 6. The van der Waals surface area contributed by atoms with E-state index in [0.29, 0.717) is 4.52 Å². The highest BCUT2D eigenvalue weighted by molar-refractivity contribution is 9.10. The second-order valence-electron chi connectivity index (χ2n) is 4.83. The van der Waals surface area contributed by atoms with Gasteiger partial charge in [0, 0.05) is 5.56 Å². The first kappa shape index (κ1) is 16.7. The Bertz CT molecular complexity index is 896. The molecular weight excluding hydrogens is 404 g/mol. The Kier molecular flexibility index (Phi) is 3.82. The molecule has 0 atom stereocenters. The summed E-state index contributed by atoms with van der Waals surface area (Å²) in [5.41, 5.74) is -2.03. The summed E-state index contributed by atoms with van der Waals surface area (Å²) in [5.74, 6) is 0. The molecule has 0 unspecified atom stereocenters. The lowest BCUT2D eigenvalue weighted by Crippen LogP contribution is -2.13. The maximum Gasteiger partial charge on any atom is 0.433 e. The minimum Gasteiger partial charge on any atom is -0.227 e. The third kappa shape index (κ3) is 2.97. The first-order chi connectivity index (χ1) is 11.1. The summed E-state index contributed by atoms with van der Waals surface area (Å²) in [4.78, 5) is 4.04. The van der Waals surface area contributed by atoms with Gasteiger partial charge in [0.25, 0.3) is 0 Å². The summed E-state index contributed by atoms with van der Waals surface area (Å²) in [6.45, 7) is 0. The van der Waals surface area contributed by atoms with E-state index in [2.05, 4.69) is 26.0 Å². The highest BCUT2D eigenvalue weighted by atomic mass is 79.9. The lowest BCUT2D eigenvalue weighted by atomic mass is 10.1. The zero-order valence-electron chi connectivity index (χ0n) is 11.5. The van der Waals surface area contributed by atoms with Crippen molar-refractivity contribution in [3.63, 3.8) is 0 Å². The predicted octanol–water partition coefficient (Wildman–Crippen LogP) is 5.20. The van der Waals surface area contributed by atoms with E-state index in [-0.39, 0.29) is 21.4 Å². The van der Waals surface area contributed by atoms with E-state index in [4.69, 9.17) is 0 Å². The highest BCUT2D eigenvalue weighted by Crippen LogP contribution is 2.35. The summed E-state index contributed by atoms with van der Waals surface area (Å²) in [7, 11) is 0. The Labute approximate surface area is 139 Å². The minimum absolute atomic E-state index is 0.0836. The molecule has 0 saturated heterocycles. The normalized spacial score (nSPS) is 12.8. The fraction of sp³-hybridized carbons (Fsp3) is 0.143. The second kappa shape index (κ2) is 5.47. The monoisotopic (exact) mass is 409 g/mol. The van der Waals surface area contributed by atoms with E-state index in [1.54, 1.807) is 0 Å². The number of rotatable bonds is 1. The fourth-order valence-corrected chi connectivity index (χ4v) is 2.46. The molecule has 10 heteroatoms. The van der Waals surface area contributed by atoms with Crippen LogP contribution in [-0.4, -0.2) is 14.6 Å². The number of aromatic nitrogens is 3. The van der Waals surface area contributed by atoms with Crippen LogP contribution in [0.5, 0.6) is 0 Å². The molecule has 0 fully saturated rings. The predicted molar refractivity (Wildman–Crippen MR) is 76.1 cm³/mol. The van der Waals surface area contributed by atoms with E-state index >= 15 is 0 Å². The third-order valence-corrected chi connectivity index (χ3v) is 3.79. The number of benzene rings is 1. The highest BCUT2D eigenvalue weighted by Gasteiger charge is 2.35. The Morgan fingerprint density at radius 3 is 2.08 bits per heavy atom. The van der Waals surface area contributed by atoms with Crippen molar-refractivity contribution >= 4 is 21.6 Å². The molecule has 0 radical (unpaired) electrons. The molecule has 0 aliphatic heterocycles. The van der Waals surface area contributed by atoms with Crippen molar-refractivity contribution in [2.24, 2.45) is 0 Å². The number of fused-ring (bicyclic) bond motifs is 1. The van der Waals surface area contributed by atoms with E-state index in [9.17, 15) is 26.3 Å². The minimum atomic E-state index is -4.70. The van der Waals surface area contributed by atoms with Crippen LogP contribution in [0.1, 0.15) is 11.3 Å². The zero-order valence-corrected chi connectivity index (χ0v) is 13.0. The van der Waals surface area contributed by atoms with Gasteiger partial charge in [0.2, 0.25) is 0 Å². The molecule has 0 N–H and O–H groups in total. The van der Waals surface area contributed by atoms with Gasteiger partial charge in [-0.2, -0.15) is 31.4 Å². The Hall–Kier alpha value is -2.10. The van der Waals surface area contributed by atoms with Crippen molar-refractivity contribution in [1.82, 2.24) is 14.6 Å². The largest absolute Gasteiger partial charge is 0.433 e. The second-order valence-corrected chi connectivity index (χ2v) is 5.68. The molecule has 0 spiro atoms. The van der Waals surface area contributed by atoms with Gasteiger partial charge in [-0.1, -0.05) is 12.1 Å². The van der Waals surface area contributed by atoms with Gasteiger partial charge in [-0.25, -0.2) is 9.50 Å². The van der Waals surface area contributed by atoms with Crippen LogP contribution in [-0.2, 0) is 12.4 Å². The van der Waals surface area contributed by atoms with Crippen LogP contribution >= 0.6 is 15.9 Å². The van der Waals surface area contributed by atoms with Crippen LogP contribution in [0.15, 0.2) is 41.0 Å². The molecule has 126 valence electrons. The summed E-state index contributed by atoms with van der Waals surface area (Å²) < 4.78 is 78.2. The standard InChI is InChI=1S/C14H6BrF6N3/c15-9-6-22-24-11(14(19,20)21)5-10(23-12(9)24)7-1-3-8(4-2-7)13(16,17)18/h1-6H. The molecule has 0 aliphatic rings. The summed E-state index contributed by atoms with van der Waals surface area (Å²) in [5, 5.41) is 3.60. The molecule has 0 saturated carbocycles. The summed E-state index contributed by atoms with van der Waals surface area (Å²) >= 11 is 3.05. The quantitative estimate of drug-likeness (QED) is 0.517. The average Bonchev–Trinajstić information content (AvgIpc) is 2.86. The summed E-state index contributed by atoms with van der Waals surface area (Å²) in [6.07, 6.45) is -8.07. The smallest absolute Gasteiger partial charge is 0.227 e. The molecule has 3 rings (SSSR count). The third-order valence-electron chi connectivity index (χ3n) is 3.23. The molecule has 2 heterocycles. The van der Waals surface area contributed by atoms with Crippen LogP contribution in [0.3, 0.4) is 0 Å². The Morgan fingerprint density at radius 1 is 0.917 bits per heavy atom. The van der Waals surface area contributed by atoms with Gasteiger partial charge in [0.1, 0.15) is 0 Å². The first-order valence-corrected chi connectivity index (χ1v) is 7.16. The average molecular weight is 410 g/mol.